The summed E-state index contributed by atoms with van der Waals surface area (Å²) in [5.74, 6) is 0.931. The van der Waals surface area contributed by atoms with Gasteiger partial charge < -0.3 is 23.8 Å². The van der Waals surface area contributed by atoms with Crippen LogP contribution in [0.4, 0.5) is 10.2 Å². The molecule has 40 heavy (non-hydrogen) atoms. The molecule has 1 N–H and O–H groups in total. The van der Waals surface area contributed by atoms with Gasteiger partial charge in [0.2, 0.25) is 5.75 Å². The first-order valence-corrected chi connectivity index (χ1v) is 14.1. The first-order chi connectivity index (χ1) is 18.8. The van der Waals surface area contributed by atoms with Crippen molar-refractivity contribution in [1.82, 2.24) is 15.0 Å². The number of rotatable bonds is 10. The molecule has 1 aliphatic heterocycles. The molecule has 1 aliphatic rings. The SMILES string of the molecule is COc1cc(Cc2ncc(F)c(Cc3ccc4c(n3)N(COP(C)(=O)O)C(=O)C(C)(C)O4)n2)cc(OC)c1OC. The van der Waals surface area contributed by atoms with E-state index in [0.717, 1.165) is 23.3 Å². The van der Waals surface area contributed by atoms with Gasteiger partial charge in [-0.3, -0.25) is 18.8 Å². The molecule has 0 radical (unpaired) electrons. The number of ether oxygens (including phenoxy) is 4. The Hall–Kier alpha value is -3.80. The third kappa shape index (κ3) is 6.33. The number of pyridine rings is 1. The Morgan fingerprint density at radius 3 is 2.35 bits per heavy atom. The minimum atomic E-state index is -3.89. The van der Waals surface area contributed by atoms with Gasteiger partial charge in [0.25, 0.3) is 5.91 Å². The number of hydrogen-bond donors (Lipinski definition) is 1. The number of anilines is 1. The van der Waals surface area contributed by atoms with Crippen molar-refractivity contribution in [2.75, 3.05) is 39.6 Å². The van der Waals surface area contributed by atoms with Crippen molar-refractivity contribution in [3.8, 4) is 23.0 Å². The fraction of sp³-hybridized carbons (Fsp3) is 0.385. The Labute approximate surface area is 230 Å². The monoisotopic (exact) mass is 576 g/mol. The zero-order chi connectivity index (χ0) is 29.2. The summed E-state index contributed by atoms with van der Waals surface area (Å²) < 4.78 is 53.4. The molecule has 1 amide bonds. The molecule has 3 heterocycles. The third-order valence-corrected chi connectivity index (χ3v) is 6.60. The van der Waals surface area contributed by atoms with Gasteiger partial charge in [-0.05, 0) is 43.7 Å². The highest BCUT2D eigenvalue weighted by Crippen LogP contribution is 2.41. The van der Waals surface area contributed by atoms with E-state index in [2.05, 4.69) is 15.0 Å². The van der Waals surface area contributed by atoms with Gasteiger partial charge in [-0.2, -0.15) is 0 Å². The molecule has 12 nitrogen and oxygen atoms in total. The van der Waals surface area contributed by atoms with Crippen LogP contribution in [0.3, 0.4) is 0 Å². The Kier molecular flexibility index (Phi) is 8.29. The maximum atomic E-state index is 14.8. The van der Waals surface area contributed by atoms with Crippen LogP contribution in [0.15, 0.2) is 30.5 Å². The van der Waals surface area contributed by atoms with Crippen molar-refractivity contribution in [2.24, 2.45) is 0 Å². The van der Waals surface area contributed by atoms with Gasteiger partial charge in [0.1, 0.15) is 12.6 Å². The largest absolute Gasteiger partial charge is 0.493 e. The molecular weight excluding hydrogens is 546 g/mol. The molecule has 14 heteroatoms. The number of aromatic nitrogens is 3. The van der Waals surface area contributed by atoms with E-state index < -0.39 is 31.7 Å². The third-order valence-electron chi connectivity index (χ3n) is 6.01. The summed E-state index contributed by atoms with van der Waals surface area (Å²) in [4.78, 5) is 36.7. The van der Waals surface area contributed by atoms with Crippen LogP contribution in [0.25, 0.3) is 0 Å². The number of halogens is 1. The van der Waals surface area contributed by atoms with E-state index in [4.69, 9.17) is 23.5 Å². The van der Waals surface area contributed by atoms with Gasteiger partial charge in [-0.25, -0.2) is 19.3 Å². The molecular formula is C26H30FN4O8P. The summed E-state index contributed by atoms with van der Waals surface area (Å²) in [6, 6.07) is 6.74. The number of benzene rings is 1. The first-order valence-electron chi connectivity index (χ1n) is 12.1. The van der Waals surface area contributed by atoms with Gasteiger partial charge in [0.05, 0.1) is 33.2 Å². The number of nitrogens with zero attached hydrogens (tertiary/aromatic N) is 4. The molecule has 3 aromatic rings. The van der Waals surface area contributed by atoms with Crippen LogP contribution in [0.2, 0.25) is 0 Å². The molecule has 0 aliphatic carbocycles. The van der Waals surface area contributed by atoms with Crippen LogP contribution in [0.1, 0.15) is 36.6 Å². The lowest BCUT2D eigenvalue weighted by molar-refractivity contribution is -0.133. The first kappa shape index (κ1) is 29.2. The van der Waals surface area contributed by atoms with Gasteiger partial charge in [0, 0.05) is 25.2 Å². The van der Waals surface area contributed by atoms with Crippen LogP contribution in [-0.4, -0.2) is 66.1 Å². The highest BCUT2D eigenvalue weighted by Gasteiger charge is 2.42. The fourth-order valence-electron chi connectivity index (χ4n) is 4.12. The Morgan fingerprint density at radius 1 is 1.07 bits per heavy atom. The smallest absolute Gasteiger partial charge is 0.326 e. The zero-order valence-corrected chi connectivity index (χ0v) is 23.8. The summed E-state index contributed by atoms with van der Waals surface area (Å²) in [6.45, 7) is 3.63. The second-order valence-corrected chi connectivity index (χ2v) is 11.4. The maximum absolute atomic E-state index is 14.8. The van der Waals surface area contributed by atoms with E-state index in [1.807, 2.05) is 0 Å². The van der Waals surface area contributed by atoms with Gasteiger partial charge in [-0.1, -0.05) is 0 Å². The average molecular weight is 577 g/mol. The molecule has 0 saturated heterocycles. The van der Waals surface area contributed by atoms with E-state index in [1.54, 1.807) is 38.1 Å². The Balaban J connectivity index is 1.62. The van der Waals surface area contributed by atoms with Crippen molar-refractivity contribution in [3.05, 3.63) is 59.1 Å². The minimum Gasteiger partial charge on any atom is -0.493 e. The zero-order valence-electron chi connectivity index (χ0n) is 22.9. The normalized spacial score (nSPS) is 15.6. The maximum Gasteiger partial charge on any atom is 0.326 e. The quantitative estimate of drug-likeness (QED) is 0.354. The van der Waals surface area contributed by atoms with Gasteiger partial charge in [0.15, 0.2) is 34.5 Å². The molecule has 0 bridgehead atoms. The molecule has 1 aromatic carbocycles. The molecule has 0 fully saturated rings. The van der Waals surface area contributed by atoms with E-state index in [0.29, 0.717) is 28.8 Å². The topological polar surface area (TPSA) is 142 Å². The lowest BCUT2D eigenvalue weighted by atomic mass is 10.1. The van der Waals surface area contributed by atoms with Crippen molar-refractivity contribution < 1.29 is 42.1 Å². The predicted octanol–water partition coefficient (Wildman–Crippen LogP) is 3.51. The van der Waals surface area contributed by atoms with Crippen LogP contribution in [0, 0.1) is 5.82 Å². The van der Waals surface area contributed by atoms with Crippen LogP contribution >= 0.6 is 7.60 Å². The summed E-state index contributed by atoms with van der Waals surface area (Å²) in [6.07, 6.45) is 1.31. The number of carbonyl (C=O) groups is 1. The lowest BCUT2D eigenvalue weighted by Crippen LogP contribution is -2.53. The van der Waals surface area contributed by atoms with Gasteiger partial charge in [-0.15, -0.1) is 0 Å². The standard InChI is InChI=1S/C26H30FN4O8P/c1-26(2)25(32)31(14-38-40(6,33)34)24-19(39-26)8-7-16(29-24)12-18-17(27)13-28-22(30-18)11-15-9-20(35-3)23(37-5)21(10-15)36-4/h7-10,13H,11-12,14H2,1-6H3,(H,33,34). The van der Waals surface area contributed by atoms with E-state index in [-0.39, 0.29) is 30.1 Å². The second-order valence-electron chi connectivity index (χ2n) is 9.50. The number of amides is 1. The van der Waals surface area contributed by atoms with Crippen molar-refractivity contribution in [3.63, 3.8) is 0 Å². The number of hydrogen-bond acceptors (Lipinski definition) is 10. The molecule has 1 atom stereocenters. The predicted molar refractivity (Wildman–Crippen MR) is 142 cm³/mol. The molecule has 0 saturated carbocycles. The van der Waals surface area contributed by atoms with Crippen LogP contribution in [-0.2, 0) is 26.7 Å². The lowest BCUT2D eigenvalue weighted by Gasteiger charge is -2.37. The second kappa shape index (κ2) is 11.4. The van der Waals surface area contributed by atoms with Crippen LogP contribution < -0.4 is 23.8 Å². The number of methoxy groups -OCH3 is 3. The molecule has 1 unspecified atom stereocenters. The molecule has 4 rings (SSSR count). The highest BCUT2D eigenvalue weighted by atomic mass is 31.2. The summed E-state index contributed by atoms with van der Waals surface area (Å²) >= 11 is 0. The van der Waals surface area contributed by atoms with Crippen LogP contribution in [0.5, 0.6) is 23.0 Å². The number of fused-ring (bicyclic) bond motifs is 1. The van der Waals surface area contributed by atoms with Crippen molar-refractivity contribution >= 4 is 19.3 Å². The van der Waals surface area contributed by atoms with E-state index in [9.17, 15) is 18.6 Å². The fourth-order valence-corrected chi connectivity index (χ4v) is 4.44. The van der Waals surface area contributed by atoms with Crippen molar-refractivity contribution in [2.45, 2.75) is 32.3 Å². The summed E-state index contributed by atoms with van der Waals surface area (Å²) in [5.41, 5.74) is -0.0397. The van der Waals surface area contributed by atoms with E-state index in [1.165, 1.54) is 21.3 Å². The molecule has 2 aromatic heterocycles. The average Bonchev–Trinajstić information content (AvgIpc) is 2.89. The molecule has 214 valence electrons. The van der Waals surface area contributed by atoms with Gasteiger partial charge >= 0.3 is 7.60 Å². The minimum absolute atomic E-state index is 0.0254. The Bertz CT molecular complexity index is 1450. The Morgan fingerprint density at radius 2 is 1.75 bits per heavy atom. The summed E-state index contributed by atoms with van der Waals surface area (Å²) in [5, 5.41) is 0. The van der Waals surface area contributed by atoms with Crippen molar-refractivity contribution in [1.29, 1.82) is 0 Å². The van der Waals surface area contributed by atoms with E-state index >= 15 is 0 Å². The highest BCUT2D eigenvalue weighted by molar-refractivity contribution is 7.51. The number of carbonyl (C=O) groups excluding carboxylic acids is 1. The summed E-state index contributed by atoms with van der Waals surface area (Å²) in [7, 11) is 0.642. The molecule has 0 spiro atoms.